The maximum absolute atomic E-state index is 12.7. The first-order valence-corrected chi connectivity index (χ1v) is 8.82. The molecule has 0 bridgehead atoms. The minimum atomic E-state index is -4.36. The number of anilines is 1. The van der Waals surface area contributed by atoms with Crippen LogP contribution in [-0.4, -0.2) is 46.2 Å². The van der Waals surface area contributed by atoms with E-state index in [2.05, 4.69) is 20.0 Å². The van der Waals surface area contributed by atoms with Crippen LogP contribution in [0.2, 0.25) is 0 Å². The third-order valence-corrected chi connectivity index (χ3v) is 4.77. The molecule has 3 heterocycles. The van der Waals surface area contributed by atoms with Crippen molar-refractivity contribution in [2.45, 2.75) is 37.9 Å². The van der Waals surface area contributed by atoms with E-state index in [1.165, 1.54) is 6.07 Å². The quantitative estimate of drug-likeness (QED) is 0.828. The minimum Gasteiger partial charge on any atom is -0.355 e. The van der Waals surface area contributed by atoms with E-state index in [4.69, 9.17) is 4.52 Å². The molecule has 9 heteroatoms. The fourth-order valence-corrected chi connectivity index (χ4v) is 3.13. The summed E-state index contributed by atoms with van der Waals surface area (Å²) in [5.41, 5.74) is -0.722. The number of nitrogens with zero attached hydrogens (tertiary/aromatic N) is 5. The summed E-state index contributed by atoms with van der Waals surface area (Å²) in [5, 5.41) is 4.03. The van der Waals surface area contributed by atoms with Crippen molar-refractivity contribution in [2.24, 2.45) is 0 Å². The average Bonchev–Trinajstić information content (AvgIpc) is 3.39. The van der Waals surface area contributed by atoms with Crippen LogP contribution in [0.5, 0.6) is 0 Å². The Morgan fingerprint density at radius 2 is 1.96 bits per heavy atom. The van der Waals surface area contributed by atoms with Crippen LogP contribution in [-0.2, 0) is 12.7 Å². The fourth-order valence-electron chi connectivity index (χ4n) is 3.13. The number of rotatable bonds is 4. The highest BCUT2D eigenvalue weighted by molar-refractivity contribution is 5.40. The van der Waals surface area contributed by atoms with Crippen molar-refractivity contribution in [3.63, 3.8) is 0 Å². The van der Waals surface area contributed by atoms with Crippen molar-refractivity contribution in [1.82, 2.24) is 20.0 Å². The summed E-state index contributed by atoms with van der Waals surface area (Å²) in [6, 6.07) is 2.53. The average molecular weight is 367 g/mol. The Hall–Kier alpha value is -2.16. The Labute approximate surface area is 149 Å². The smallest absolute Gasteiger partial charge is 0.355 e. The summed E-state index contributed by atoms with van der Waals surface area (Å²) in [6.45, 7) is 3.70. The van der Waals surface area contributed by atoms with Gasteiger partial charge in [0.25, 0.3) is 0 Å². The third-order valence-electron chi connectivity index (χ3n) is 4.77. The highest BCUT2D eigenvalue weighted by atomic mass is 19.4. The molecule has 1 saturated heterocycles. The van der Waals surface area contributed by atoms with Crippen LogP contribution < -0.4 is 4.90 Å². The zero-order valence-electron chi connectivity index (χ0n) is 14.2. The standard InChI is InChI=1S/C17H20F3N5O/c18-17(19,20)13-4-5-14(21-10-13)25-7-1-6-24(8-9-25)11-15-22-16(23-26-15)12-2-3-12/h4-5,10,12H,1-3,6-9,11H2. The number of alkyl halides is 3. The molecule has 1 saturated carbocycles. The second kappa shape index (κ2) is 6.86. The summed E-state index contributed by atoms with van der Waals surface area (Å²) in [7, 11) is 0. The first-order valence-electron chi connectivity index (χ1n) is 8.82. The number of hydrogen-bond acceptors (Lipinski definition) is 6. The van der Waals surface area contributed by atoms with Crippen LogP contribution in [0, 0.1) is 0 Å². The van der Waals surface area contributed by atoms with E-state index in [0.717, 1.165) is 57.0 Å². The monoisotopic (exact) mass is 367 g/mol. The lowest BCUT2D eigenvalue weighted by molar-refractivity contribution is -0.137. The van der Waals surface area contributed by atoms with Crippen LogP contribution in [0.25, 0.3) is 0 Å². The lowest BCUT2D eigenvalue weighted by Gasteiger charge is -2.22. The van der Waals surface area contributed by atoms with Gasteiger partial charge < -0.3 is 9.42 Å². The maximum atomic E-state index is 12.7. The number of halogens is 3. The molecule has 0 unspecified atom stereocenters. The normalized spacial score (nSPS) is 19.6. The number of hydrogen-bond donors (Lipinski definition) is 0. The first-order chi connectivity index (χ1) is 12.5. The van der Waals surface area contributed by atoms with Gasteiger partial charge in [0.15, 0.2) is 5.82 Å². The molecule has 0 radical (unpaired) electrons. The number of pyridine rings is 1. The molecule has 0 amide bonds. The largest absolute Gasteiger partial charge is 0.417 e. The molecule has 1 aliphatic heterocycles. The lowest BCUT2D eigenvalue weighted by Crippen LogP contribution is -2.31. The lowest BCUT2D eigenvalue weighted by atomic mass is 10.2. The van der Waals surface area contributed by atoms with Crippen LogP contribution in [0.15, 0.2) is 22.9 Å². The molecule has 26 heavy (non-hydrogen) atoms. The van der Waals surface area contributed by atoms with Crippen molar-refractivity contribution < 1.29 is 17.7 Å². The van der Waals surface area contributed by atoms with Crippen LogP contribution in [0.4, 0.5) is 19.0 Å². The summed E-state index contributed by atoms with van der Waals surface area (Å²) >= 11 is 0. The topological polar surface area (TPSA) is 58.3 Å². The van der Waals surface area contributed by atoms with Crippen LogP contribution in [0.1, 0.15) is 42.5 Å². The molecule has 0 aromatic carbocycles. The van der Waals surface area contributed by atoms with Gasteiger partial charge in [-0.3, -0.25) is 4.90 Å². The Kier molecular flexibility index (Phi) is 4.56. The van der Waals surface area contributed by atoms with Crippen molar-refractivity contribution in [3.8, 4) is 0 Å². The van der Waals surface area contributed by atoms with Gasteiger partial charge in [0.1, 0.15) is 5.82 Å². The molecule has 2 aromatic heterocycles. The molecule has 2 aliphatic rings. The van der Waals surface area contributed by atoms with E-state index in [-0.39, 0.29) is 0 Å². The molecule has 0 N–H and O–H groups in total. The Morgan fingerprint density at radius 1 is 1.12 bits per heavy atom. The van der Waals surface area contributed by atoms with E-state index in [1.54, 1.807) is 0 Å². The van der Waals surface area contributed by atoms with Crippen molar-refractivity contribution >= 4 is 5.82 Å². The molecule has 0 atom stereocenters. The predicted octanol–water partition coefficient (Wildman–Crippen LogP) is 3.07. The summed E-state index contributed by atoms with van der Waals surface area (Å²) in [5.74, 6) is 2.49. The zero-order valence-corrected chi connectivity index (χ0v) is 14.2. The second-order valence-electron chi connectivity index (χ2n) is 6.84. The molecule has 2 fully saturated rings. The molecule has 140 valence electrons. The predicted molar refractivity (Wildman–Crippen MR) is 87.6 cm³/mol. The fraction of sp³-hybridized carbons (Fsp3) is 0.588. The van der Waals surface area contributed by atoms with Crippen molar-refractivity contribution in [3.05, 3.63) is 35.6 Å². The molecule has 4 rings (SSSR count). The van der Waals surface area contributed by atoms with Gasteiger partial charge in [-0.05, 0) is 31.4 Å². The van der Waals surface area contributed by atoms with E-state index < -0.39 is 11.7 Å². The van der Waals surface area contributed by atoms with Gasteiger partial charge in [-0.15, -0.1) is 0 Å². The van der Waals surface area contributed by atoms with Crippen molar-refractivity contribution in [1.29, 1.82) is 0 Å². The van der Waals surface area contributed by atoms with E-state index in [1.807, 2.05) is 4.90 Å². The van der Waals surface area contributed by atoms with Crippen molar-refractivity contribution in [2.75, 3.05) is 31.1 Å². The molecule has 6 nitrogen and oxygen atoms in total. The van der Waals surface area contributed by atoms with Crippen LogP contribution in [0.3, 0.4) is 0 Å². The summed E-state index contributed by atoms with van der Waals surface area (Å²) < 4.78 is 43.3. The molecular weight excluding hydrogens is 347 g/mol. The van der Waals surface area contributed by atoms with Gasteiger partial charge in [0.2, 0.25) is 5.89 Å². The third kappa shape index (κ3) is 3.98. The highest BCUT2D eigenvalue weighted by Crippen LogP contribution is 2.38. The first kappa shape index (κ1) is 17.3. The Bertz CT molecular complexity index is 742. The molecule has 0 spiro atoms. The van der Waals surface area contributed by atoms with Gasteiger partial charge in [-0.25, -0.2) is 4.98 Å². The van der Waals surface area contributed by atoms with E-state index in [9.17, 15) is 13.2 Å². The van der Waals surface area contributed by atoms with Crippen LogP contribution >= 0.6 is 0 Å². The SMILES string of the molecule is FC(F)(F)c1ccc(N2CCCN(Cc3nc(C4CC4)no3)CC2)nc1. The zero-order chi connectivity index (χ0) is 18.1. The van der Waals surface area contributed by atoms with E-state index in [0.29, 0.717) is 30.7 Å². The highest BCUT2D eigenvalue weighted by Gasteiger charge is 2.31. The van der Waals surface area contributed by atoms with E-state index >= 15 is 0 Å². The van der Waals surface area contributed by atoms with Gasteiger partial charge in [0, 0.05) is 38.3 Å². The Morgan fingerprint density at radius 3 is 2.65 bits per heavy atom. The second-order valence-corrected chi connectivity index (χ2v) is 6.84. The minimum absolute atomic E-state index is 0.470. The molecule has 1 aliphatic carbocycles. The van der Waals surface area contributed by atoms with Gasteiger partial charge in [0.05, 0.1) is 12.1 Å². The maximum Gasteiger partial charge on any atom is 0.417 e. The number of aromatic nitrogens is 3. The van der Waals surface area contributed by atoms with Gasteiger partial charge in [-0.2, -0.15) is 18.2 Å². The Balaban J connectivity index is 1.35. The van der Waals surface area contributed by atoms with Gasteiger partial charge >= 0.3 is 6.18 Å². The molecule has 2 aromatic rings. The summed E-state index contributed by atoms with van der Waals surface area (Å²) in [4.78, 5) is 12.7. The summed E-state index contributed by atoms with van der Waals surface area (Å²) in [6.07, 6.45) is -0.289. The van der Waals surface area contributed by atoms with Gasteiger partial charge in [-0.1, -0.05) is 5.16 Å². The molecular formula is C17H20F3N5O.